The summed E-state index contributed by atoms with van der Waals surface area (Å²) >= 11 is 1.70. The summed E-state index contributed by atoms with van der Waals surface area (Å²) in [6.07, 6.45) is 0. The largest absolute Gasteiger partial charge is 0.311 e. The first kappa shape index (κ1) is 12.0. The molecule has 0 aliphatic heterocycles. The fourth-order valence-corrected chi connectivity index (χ4v) is 2.41. The Morgan fingerprint density at radius 1 is 1.47 bits per heavy atom. The Morgan fingerprint density at radius 2 is 2.29 bits per heavy atom. The minimum absolute atomic E-state index is 0.0866. The predicted octanol–water partition coefficient (Wildman–Crippen LogP) is 1.77. The third-order valence-corrected chi connectivity index (χ3v) is 3.11. The Labute approximate surface area is 104 Å². The van der Waals surface area contributed by atoms with Gasteiger partial charge in [0.25, 0.3) is 5.56 Å². The average molecular weight is 249 g/mol. The van der Waals surface area contributed by atoms with E-state index in [2.05, 4.69) is 31.7 Å². The van der Waals surface area contributed by atoms with Gasteiger partial charge in [0.1, 0.15) is 5.82 Å². The zero-order valence-corrected chi connectivity index (χ0v) is 10.8. The van der Waals surface area contributed by atoms with Crippen LogP contribution in [0.25, 0.3) is 0 Å². The number of H-pyrrole nitrogens is 1. The van der Waals surface area contributed by atoms with Gasteiger partial charge >= 0.3 is 0 Å². The lowest BCUT2D eigenvalue weighted by atomic mass is 10.3. The van der Waals surface area contributed by atoms with Crippen molar-refractivity contribution in [2.75, 3.05) is 7.05 Å². The molecule has 5 heteroatoms. The zero-order valence-electron chi connectivity index (χ0n) is 9.93. The van der Waals surface area contributed by atoms with Gasteiger partial charge in [-0.2, -0.15) is 11.3 Å². The number of hydrogen-bond acceptors (Lipinski definition) is 4. The molecule has 0 amide bonds. The molecule has 1 N–H and O–H groups in total. The van der Waals surface area contributed by atoms with Crippen LogP contribution in [-0.4, -0.2) is 21.9 Å². The molecule has 0 spiro atoms. The van der Waals surface area contributed by atoms with Gasteiger partial charge in [-0.3, -0.25) is 9.69 Å². The molecule has 0 atom stereocenters. The van der Waals surface area contributed by atoms with Gasteiger partial charge in [0.2, 0.25) is 0 Å². The molecule has 2 aromatic heterocycles. The van der Waals surface area contributed by atoms with E-state index in [9.17, 15) is 4.79 Å². The van der Waals surface area contributed by atoms with E-state index in [1.54, 1.807) is 24.3 Å². The summed E-state index contributed by atoms with van der Waals surface area (Å²) in [5.74, 6) is 0.663. The average Bonchev–Trinajstić information content (AvgIpc) is 2.67. The first-order valence-electron chi connectivity index (χ1n) is 5.40. The number of thiophene rings is 1. The first-order valence-corrected chi connectivity index (χ1v) is 6.34. The lowest BCUT2D eigenvalue weighted by Gasteiger charge is -2.15. The maximum absolute atomic E-state index is 11.3. The van der Waals surface area contributed by atoms with Crippen LogP contribution >= 0.6 is 11.3 Å². The van der Waals surface area contributed by atoms with Crippen molar-refractivity contribution in [3.63, 3.8) is 0 Å². The van der Waals surface area contributed by atoms with Crippen molar-refractivity contribution >= 4 is 11.3 Å². The van der Waals surface area contributed by atoms with Gasteiger partial charge in [-0.05, 0) is 36.4 Å². The summed E-state index contributed by atoms with van der Waals surface area (Å²) in [6.45, 7) is 3.35. The van der Waals surface area contributed by atoms with Crippen LogP contribution in [0, 0.1) is 6.92 Å². The van der Waals surface area contributed by atoms with Gasteiger partial charge in [0, 0.05) is 19.2 Å². The van der Waals surface area contributed by atoms with Crippen molar-refractivity contribution in [3.8, 4) is 0 Å². The Hall–Kier alpha value is -1.46. The minimum Gasteiger partial charge on any atom is -0.311 e. The van der Waals surface area contributed by atoms with Crippen molar-refractivity contribution in [1.82, 2.24) is 14.9 Å². The van der Waals surface area contributed by atoms with Gasteiger partial charge in [-0.15, -0.1) is 0 Å². The second-order valence-corrected chi connectivity index (χ2v) is 4.91. The highest BCUT2D eigenvalue weighted by molar-refractivity contribution is 7.07. The van der Waals surface area contributed by atoms with Crippen LogP contribution in [0.3, 0.4) is 0 Å². The Bertz CT molecular complexity index is 533. The van der Waals surface area contributed by atoms with Gasteiger partial charge < -0.3 is 4.98 Å². The molecule has 0 aliphatic carbocycles. The number of aryl methyl sites for hydroxylation is 1. The highest BCUT2D eigenvalue weighted by atomic mass is 32.1. The van der Waals surface area contributed by atoms with Crippen molar-refractivity contribution in [1.29, 1.82) is 0 Å². The molecule has 0 aromatic carbocycles. The van der Waals surface area contributed by atoms with Crippen LogP contribution in [0.5, 0.6) is 0 Å². The van der Waals surface area contributed by atoms with Gasteiger partial charge in [-0.1, -0.05) is 0 Å². The van der Waals surface area contributed by atoms with Crippen LogP contribution < -0.4 is 5.56 Å². The number of aromatic nitrogens is 2. The number of aromatic amines is 1. The Balaban J connectivity index is 2.02. The second-order valence-electron chi connectivity index (χ2n) is 4.13. The molecule has 0 aliphatic rings. The summed E-state index contributed by atoms with van der Waals surface area (Å²) in [7, 11) is 2.02. The molecule has 0 bridgehead atoms. The number of nitrogens with zero attached hydrogens (tertiary/aromatic N) is 2. The smallest absolute Gasteiger partial charge is 0.251 e. The van der Waals surface area contributed by atoms with Crippen molar-refractivity contribution in [2.45, 2.75) is 20.0 Å². The molecule has 0 fully saturated rings. The summed E-state index contributed by atoms with van der Waals surface area (Å²) in [6, 6.07) is 3.66. The van der Waals surface area contributed by atoms with E-state index < -0.39 is 0 Å². The number of nitrogens with one attached hydrogen (secondary N) is 1. The molecule has 90 valence electrons. The Kier molecular flexibility index (Phi) is 3.71. The monoisotopic (exact) mass is 249 g/mol. The van der Waals surface area contributed by atoms with E-state index in [1.807, 2.05) is 7.05 Å². The standard InChI is InChI=1S/C12H15N3OS/c1-9-13-11(5-12(16)14-9)7-15(2)6-10-3-4-17-8-10/h3-5,8H,6-7H2,1-2H3,(H,13,14,16). The minimum atomic E-state index is -0.0866. The summed E-state index contributed by atoms with van der Waals surface area (Å²) in [5.41, 5.74) is 2.01. The molecule has 2 aromatic rings. The van der Waals surface area contributed by atoms with Gasteiger partial charge in [-0.25, -0.2) is 4.98 Å². The lowest BCUT2D eigenvalue weighted by Crippen LogP contribution is -2.20. The molecule has 17 heavy (non-hydrogen) atoms. The van der Waals surface area contributed by atoms with Crippen LogP contribution in [-0.2, 0) is 13.1 Å². The number of rotatable bonds is 4. The highest BCUT2D eigenvalue weighted by Crippen LogP contribution is 2.09. The van der Waals surface area contributed by atoms with Gasteiger partial charge in [0.15, 0.2) is 0 Å². The van der Waals surface area contributed by atoms with E-state index in [4.69, 9.17) is 0 Å². The summed E-state index contributed by atoms with van der Waals surface area (Å²) < 4.78 is 0. The SMILES string of the molecule is Cc1nc(CN(C)Cc2ccsc2)cc(=O)[nH]1. The zero-order chi connectivity index (χ0) is 12.3. The molecular weight excluding hydrogens is 234 g/mol. The molecular formula is C12H15N3OS. The third kappa shape index (κ3) is 3.51. The van der Waals surface area contributed by atoms with E-state index >= 15 is 0 Å². The topological polar surface area (TPSA) is 49.0 Å². The molecule has 0 radical (unpaired) electrons. The van der Waals surface area contributed by atoms with Crippen molar-refractivity contribution in [2.24, 2.45) is 0 Å². The maximum Gasteiger partial charge on any atom is 0.251 e. The summed E-state index contributed by atoms with van der Waals surface area (Å²) in [5, 5.41) is 4.20. The fraction of sp³-hybridized carbons (Fsp3) is 0.333. The van der Waals surface area contributed by atoms with Gasteiger partial charge in [0.05, 0.1) is 5.69 Å². The molecule has 4 nitrogen and oxygen atoms in total. The maximum atomic E-state index is 11.3. The van der Waals surface area contributed by atoms with Crippen molar-refractivity contribution < 1.29 is 0 Å². The third-order valence-electron chi connectivity index (χ3n) is 2.38. The molecule has 0 unspecified atom stereocenters. The molecule has 0 saturated carbocycles. The quantitative estimate of drug-likeness (QED) is 0.898. The van der Waals surface area contributed by atoms with Crippen LogP contribution in [0.15, 0.2) is 27.7 Å². The van der Waals surface area contributed by atoms with Crippen LogP contribution in [0.1, 0.15) is 17.1 Å². The van der Waals surface area contributed by atoms with E-state index in [0.29, 0.717) is 12.4 Å². The van der Waals surface area contributed by atoms with E-state index in [-0.39, 0.29) is 5.56 Å². The first-order chi connectivity index (χ1) is 8.13. The summed E-state index contributed by atoms with van der Waals surface area (Å²) in [4.78, 5) is 20.4. The lowest BCUT2D eigenvalue weighted by molar-refractivity contribution is 0.315. The fourth-order valence-electron chi connectivity index (χ4n) is 1.75. The predicted molar refractivity (Wildman–Crippen MR) is 69.1 cm³/mol. The highest BCUT2D eigenvalue weighted by Gasteiger charge is 2.04. The second kappa shape index (κ2) is 5.25. The van der Waals surface area contributed by atoms with Crippen LogP contribution in [0.4, 0.5) is 0 Å². The molecule has 2 heterocycles. The van der Waals surface area contributed by atoms with Crippen LogP contribution in [0.2, 0.25) is 0 Å². The van der Waals surface area contributed by atoms with E-state index in [1.165, 1.54) is 5.56 Å². The number of hydrogen-bond donors (Lipinski definition) is 1. The van der Waals surface area contributed by atoms with E-state index in [0.717, 1.165) is 12.2 Å². The molecule has 0 saturated heterocycles. The van der Waals surface area contributed by atoms with Crippen molar-refractivity contribution in [3.05, 3.63) is 50.3 Å². The molecule has 2 rings (SSSR count). The Morgan fingerprint density at radius 3 is 2.94 bits per heavy atom. The normalized spacial score (nSPS) is 11.0.